The van der Waals surface area contributed by atoms with Crippen LogP contribution in [0.25, 0.3) is 10.2 Å². The molecular weight excluding hydrogens is 304 g/mol. The van der Waals surface area contributed by atoms with Gasteiger partial charge in [0.25, 0.3) is 0 Å². The summed E-state index contributed by atoms with van der Waals surface area (Å²) >= 11 is 3.07. The zero-order chi connectivity index (χ0) is 14.1. The predicted octanol–water partition coefficient (Wildman–Crippen LogP) is 2.94. The SMILES string of the molecule is c1nc(NCCNc2nc(C3CC3)ns2)c2ccsc2n1. The van der Waals surface area contributed by atoms with E-state index in [1.54, 1.807) is 17.7 Å². The summed E-state index contributed by atoms with van der Waals surface area (Å²) in [6, 6.07) is 2.04. The summed E-state index contributed by atoms with van der Waals surface area (Å²) in [5.74, 6) is 2.51. The van der Waals surface area contributed by atoms with Crippen LogP contribution in [0.1, 0.15) is 24.6 Å². The van der Waals surface area contributed by atoms with Crippen LogP contribution in [0.5, 0.6) is 0 Å². The number of anilines is 2. The summed E-state index contributed by atoms with van der Waals surface area (Å²) < 4.78 is 4.38. The lowest BCUT2D eigenvalue weighted by Crippen LogP contribution is -2.14. The Morgan fingerprint density at radius 2 is 2.10 bits per heavy atom. The molecule has 0 bridgehead atoms. The molecule has 0 atom stereocenters. The van der Waals surface area contributed by atoms with E-state index in [1.165, 1.54) is 24.4 Å². The number of hydrogen-bond acceptors (Lipinski definition) is 8. The Kier molecular flexibility index (Phi) is 3.40. The molecule has 0 unspecified atom stereocenters. The number of thiophene rings is 1. The van der Waals surface area contributed by atoms with Crippen LogP contribution in [0, 0.1) is 0 Å². The first-order valence-corrected chi connectivity index (χ1v) is 8.55. The largest absolute Gasteiger partial charge is 0.368 e. The summed E-state index contributed by atoms with van der Waals surface area (Å²) in [4.78, 5) is 14.0. The van der Waals surface area contributed by atoms with Gasteiger partial charge in [0.15, 0.2) is 0 Å². The van der Waals surface area contributed by atoms with Crippen LogP contribution in [-0.4, -0.2) is 32.4 Å². The monoisotopic (exact) mass is 318 g/mol. The predicted molar refractivity (Wildman–Crippen MR) is 86.3 cm³/mol. The van der Waals surface area contributed by atoms with Gasteiger partial charge in [-0.15, -0.1) is 11.3 Å². The van der Waals surface area contributed by atoms with Crippen molar-refractivity contribution < 1.29 is 0 Å². The van der Waals surface area contributed by atoms with Crippen molar-refractivity contribution >= 4 is 44.0 Å². The molecule has 0 aromatic carbocycles. The molecule has 3 heterocycles. The molecule has 108 valence electrons. The lowest BCUT2D eigenvalue weighted by atomic mass is 10.4. The molecule has 3 aromatic heterocycles. The Balaban J connectivity index is 1.31. The van der Waals surface area contributed by atoms with Gasteiger partial charge in [0.2, 0.25) is 5.13 Å². The van der Waals surface area contributed by atoms with Crippen molar-refractivity contribution in [2.24, 2.45) is 0 Å². The van der Waals surface area contributed by atoms with Crippen LogP contribution < -0.4 is 10.6 Å². The third-order valence-electron chi connectivity index (χ3n) is 3.34. The van der Waals surface area contributed by atoms with Crippen molar-refractivity contribution in [3.8, 4) is 0 Å². The van der Waals surface area contributed by atoms with Gasteiger partial charge in [0.1, 0.15) is 22.8 Å². The summed E-state index contributed by atoms with van der Waals surface area (Å²) in [5, 5.41) is 10.7. The van der Waals surface area contributed by atoms with Crippen molar-refractivity contribution in [3.05, 3.63) is 23.6 Å². The summed E-state index contributed by atoms with van der Waals surface area (Å²) in [6.45, 7) is 1.56. The van der Waals surface area contributed by atoms with Gasteiger partial charge in [-0.3, -0.25) is 0 Å². The number of rotatable bonds is 6. The normalized spacial score (nSPS) is 14.5. The molecule has 21 heavy (non-hydrogen) atoms. The second kappa shape index (κ2) is 5.53. The maximum absolute atomic E-state index is 4.50. The molecule has 1 saturated carbocycles. The number of fused-ring (bicyclic) bond motifs is 1. The highest BCUT2D eigenvalue weighted by Gasteiger charge is 2.27. The van der Waals surface area contributed by atoms with E-state index in [2.05, 4.69) is 30.0 Å². The average Bonchev–Trinajstić information content (AvgIpc) is 3.06. The first-order valence-electron chi connectivity index (χ1n) is 6.90. The quantitative estimate of drug-likeness (QED) is 0.681. The second-order valence-electron chi connectivity index (χ2n) is 4.95. The van der Waals surface area contributed by atoms with Crippen molar-refractivity contribution in [1.29, 1.82) is 0 Å². The third-order valence-corrected chi connectivity index (χ3v) is 4.85. The Morgan fingerprint density at radius 1 is 1.19 bits per heavy atom. The zero-order valence-electron chi connectivity index (χ0n) is 11.2. The zero-order valence-corrected chi connectivity index (χ0v) is 12.9. The van der Waals surface area contributed by atoms with E-state index < -0.39 is 0 Å². The highest BCUT2D eigenvalue weighted by molar-refractivity contribution is 7.16. The average molecular weight is 318 g/mol. The van der Waals surface area contributed by atoms with Gasteiger partial charge in [0.05, 0.1) is 5.39 Å². The molecular formula is C13H14N6S2. The van der Waals surface area contributed by atoms with Crippen LogP contribution in [0.15, 0.2) is 17.8 Å². The molecule has 0 spiro atoms. The Bertz CT molecular complexity index is 748. The van der Waals surface area contributed by atoms with E-state index in [0.717, 1.165) is 40.1 Å². The fourth-order valence-corrected chi connectivity index (χ4v) is 3.50. The van der Waals surface area contributed by atoms with E-state index in [4.69, 9.17) is 0 Å². The van der Waals surface area contributed by atoms with Crippen LogP contribution >= 0.6 is 22.9 Å². The lowest BCUT2D eigenvalue weighted by molar-refractivity contribution is 0.977. The molecule has 0 aliphatic heterocycles. The summed E-state index contributed by atoms with van der Waals surface area (Å²) in [5.41, 5.74) is 0. The molecule has 4 rings (SSSR count). The molecule has 3 aromatic rings. The Hall–Kier alpha value is -1.80. The maximum Gasteiger partial charge on any atom is 0.202 e. The van der Waals surface area contributed by atoms with Crippen molar-refractivity contribution in [1.82, 2.24) is 19.3 Å². The topological polar surface area (TPSA) is 75.6 Å². The fraction of sp³-hybridized carbons (Fsp3) is 0.385. The minimum absolute atomic E-state index is 0.614. The van der Waals surface area contributed by atoms with E-state index in [-0.39, 0.29) is 0 Å². The van der Waals surface area contributed by atoms with Gasteiger partial charge in [0, 0.05) is 30.5 Å². The van der Waals surface area contributed by atoms with Crippen molar-refractivity contribution in [3.63, 3.8) is 0 Å². The van der Waals surface area contributed by atoms with Crippen molar-refractivity contribution in [2.75, 3.05) is 23.7 Å². The van der Waals surface area contributed by atoms with Gasteiger partial charge in [-0.1, -0.05) is 0 Å². The number of nitrogens with zero attached hydrogens (tertiary/aromatic N) is 4. The summed E-state index contributed by atoms with van der Waals surface area (Å²) in [7, 11) is 0. The maximum atomic E-state index is 4.50. The minimum Gasteiger partial charge on any atom is -0.368 e. The molecule has 6 nitrogen and oxygen atoms in total. The molecule has 0 saturated heterocycles. The van der Waals surface area contributed by atoms with Crippen LogP contribution in [0.3, 0.4) is 0 Å². The molecule has 1 aliphatic rings. The minimum atomic E-state index is 0.614. The number of nitrogens with one attached hydrogen (secondary N) is 2. The van der Waals surface area contributed by atoms with E-state index >= 15 is 0 Å². The fourth-order valence-electron chi connectivity index (χ4n) is 2.10. The molecule has 8 heteroatoms. The Labute approximate surface area is 129 Å². The Morgan fingerprint density at radius 3 is 3.00 bits per heavy atom. The number of aromatic nitrogens is 4. The van der Waals surface area contributed by atoms with Gasteiger partial charge < -0.3 is 10.6 Å². The highest BCUT2D eigenvalue weighted by Crippen LogP contribution is 2.39. The van der Waals surface area contributed by atoms with Gasteiger partial charge in [-0.2, -0.15) is 4.37 Å². The van der Waals surface area contributed by atoms with Crippen LogP contribution in [0.4, 0.5) is 10.9 Å². The highest BCUT2D eigenvalue weighted by atomic mass is 32.1. The summed E-state index contributed by atoms with van der Waals surface area (Å²) in [6.07, 6.45) is 4.07. The second-order valence-corrected chi connectivity index (χ2v) is 6.59. The third kappa shape index (κ3) is 2.81. The molecule has 1 aliphatic carbocycles. The van der Waals surface area contributed by atoms with Gasteiger partial charge >= 0.3 is 0 Å². The van der Waals surface area contributed by atoms with E-state index in [9.17, 15) is 0 Å². The molecule has 0 radical (unpaired) electrons. The van der Waals surface area contributed by atoms with E-state index in [1.807, 2.05) is 11.4 Å². The first kappa shape index (κ1) is 12.9. The first-order chi connectivity index (χ1) is 10.4. The van der Waals surface area contributed by atoms with Gasteiger partial charge in [-0.25, -0.2) is 15.0 Å². The van der Waals surface area contributed by atoms with Crippen LogP contribution in [-0.2, 0) is 0 Å². The number of hydrogen-bond donors (Lipinski definition) is 2. The lowest BCUT2D eigenvalue weighted by Gasteiger charge is -2.06. The van der Waals surface area contributed by atoms with Gasteiger partial charge in [-0.05, 0) is 24.3 Å². The smallest absolute Gasteiger partial charge is 0.202 e. The molecule has 0 amide bonds. The standard InChI is InChI=1S/C13H14N6S2/c1-2-8(1)10-18-13(21-19-10)15-5-4-14-11-9-3-6-20-12(9)17-7-16-11/h3,6-8H,1-2,4-5H2,(H,14,16,17)(H,15,18,19). The molecule has 1 fully saturated rings. The van der Waals surface area contributed by atoms with Crippen LogP contribution in [0.2, 0.25) is 0 Å². The van der Waals surface area contributed by atoms with E-state index in [0.29, 0.717) is 5.92 Å². The molecule has 2 N–H and O–H groups in total. The van der Waals surface area contributed by atoms with Crippen molar-refractivity contribution in [2.45, 2.75) is 18.8 Å².